The van der Waals surface area contributed by atoms with Crippen molar-refractivity contribution < 1.29 is 10.0 Å². The van der Waals surface area contributed by atoms with Gasteiger partial charge in [-0.3, -0.25) is 4.79 Å². The topological polar surface area (TPSA) is 49.7 Å². The van der Waals surface area contributed by atoms with Gasteiger partial charge in [-0.25, -0.2) is 0 Å². The summed E-state index contributed by atoms with van der Waals surface area (Å²) in [7, 11) is 0. The van der Waals surface area contributed by atoms with Crippen LogP contribution in [0.1, 0.15) is 39.0 Å². The molecule has 0 unspecified atom stereocenters. The van der Waals surface area contributed by atoms with E-state index >= 15 is 0 Å². The second-order valence-electron chi connectivity index (χ2n) is 5.29. The SMILES string of the molecule is Cc1cc(C)c(C(=O)C/C(=N/O)c2ccccc2)c(C)c1. The molecule has 0 fully saturated rings. The van der Waals surface area contributed by atoms with Gasteiger partial charge in [0, 0.05) is 5.56 Å². The van der Waals surface area contributed by atoms with E-state index in [1.807, 2.05) is 63.2 Å². The lowest BCUT2D eigenvalue weighted by molar-refractivity contribution is 0.0998. The Morgan fingerprint density at radius 3 is 2.14 bits per heavy atom. The Balaban J connectivity index is 2.30. The lowest BCUT2D eigenvalue weighted by atomic mass is 9.93. The second kappa shape index (κ2) is 6.35. The summed E-state index contributed by atoms with van der Waals surface area (Å²) in [6.45, 7) is 5.88. The molecule has 0 aliphatic rings. The first-order chi connectivity index (χ1) is 10.0. The Kier molecular flexibility index (Phi) is 4.53. The number of carbonyl (C=O) groups excluding carboxylic acids is 1. The smallest absolute Gasteiger partial charge is 0.169 e. The Morgan fingerprint density at radius 2 is 1.62 bits per heavy atom. The summed E-state index contributed by atoms with van der Waals surface area (Å²) in [4.78, 5) is 12.5. The highest BCUT2D eigenvalue weighted by atomic mass is 16.4. The zero-order valence-corrected chi connectivity index (χ0v) is 12.6. The van der Waals surface area contributed by atoms with Gasteiger partial charge in [-0.2, -0.15) is 0 Å². The number of oxime groups is 1. The molecule has 0 atom stereocenters. The summed E-state index contributed by atoms with van der Waals surface area (Å²) in [6.07, 6.45) is 0.0885. The summed E-state index contributed by atoms with van der Waals surface area (Å²) in [6, 6.07) is 13.3. The predicted octanol–water partition coefficient (Wildman–Crippen LogP) is 4.06. The molecule has 0 saturated carbocycles. The summed E-state index contributed by atoms with van der Waals surface area (Å²) in [5, 5.41) is 12.5. The molecule has 0 aliphatic carbocycles. The summed E-state index contributed by atoms with van der Waals surface area (Å²) in [5.74, 6) is -0.0262. The number of aryl methyl sites for hydroxylation is 3. The van der Waals surface area contributed by atoms with Gasteiger partial charge in [-0.1, -0.05) is 53.2 Å². The molecule has 2 aromatic rings. The van der Waals surface area contributed by atoms with Crippen molar-refractivity contribution in [2.24, 2.45) is 5.16 Å². The highest BCUT2D eigenvalue weighted by Gasteiger charge is 2.16. The summed E-state index contributed by atoms with van der Waals surface area (Å²) in [5.41, 5.74) is 4.93. The Labute approximate surface area is 124 Å². The molecule has 3 heteroatoms. The lowest BCUT2D eigenvalue weighted by Crippen LogP contribution is -2.12. The van der Waals surface area contributed by atoms with Crippen LogP contribution in [0.3, 0.4) is 0 Å². The van der Waals surface area contributed by atoms with E-state index in [1.54, 1.807) is 0 Å². The molecule has 0 heterocycles. The van der Waals surface area contributed by atoms with E-state index in [1.165, 1.54) is 0 Å². The van der Waals surface area contributed by atoms with Gasteiger partial charge in [0.2, 0.25) is 0 Å². The first-order valence-corrected chi connectivity index (χ1v) is 6.90. The molecule has 3 nitrogen and oxygen atoms in total. The Bertz CT molecular complexity index is 665. The van der Waals surface area contributed by atoms with Crippen LogP contribution in [0.4, 0.5) is 0 Å². The summed E-state index contributed by atoms with van der Waals surface area (Å²) >= 11 is 0. The molecule has 0 aromatic heterocycles. The molecule has 0 saturated heterocycles. The van der Waals surface area contributed by atoms with E-state index in [4.69, 9.17) is 0 Å². The minimum atomic E-state index is -0.0262. The normalized spacial score (nSPS) is 11.5. The second-order valence-corrected chi connectivity index (χ2v) is 5.29. The van der Waals surface area contributed by atoms with Crippen molar-refractivity contribution in [3.05, 3.63) is 70.3 Å². The van der Waals surface area contributed by atoms with E-state index in [0.717, 1.165) is 27.8 Å². The maximum Gasteiger partial charge on any atom is 0.169 e. The van der Waals surface area contributed by atoms with E-state index in [9.17, 15) is 10.0 Å². The number of Topliss-reactive ketones (excluding diaryl/α,β-unsaturated/α-hetero) is 1. The first-order valence-electron chi connectivity index (χ1n) is 6.90. The molecule has 0 bridgehead atoms. The molecule has 21 heavy (non-hydrogen) atoms. The number of nitrogens with zero attached hydrogens (tertiary/aromatic N) is 1. The molecule has 0 amide bonds. The first kappa shape index (κ1) is 15.0. The third kappa shape index (κ3) is 3.37. The van der Waals surface area contributed by atoms with Gasteiger partial charge in [-0.15, -0.1) is 0 Å². The van der Waals surface area contributed by atoms with Crippen molar-refractivity contribution in [1.82, 2.24) is 0 Å². The van der Waals surface area contributed by atoms with Crippen LogP contribution in [0.25, 0.3) is 0 Å². The highest BCUT2D eigenvalue weighted by molar-refractivity contribution is 6.16. The molecular formula is C18H19NO2. The van der Waals surface area contributed by atoms with Crippen LogP contribution in [0.15, 0.2) is 47.6 Å². The predicted molar refractivity (Wildman–Crippen MR) is 84.4 cm³/mol. The van der Waals surface area contributed by atoms with Crippen LogP contribution in [0, 0.1) is 20.8 Å². The van der Waals surface area contributed by atoms with Gasteiger partial charge in [0.05, 0.1) is 12.1 Å². The van der Waals surface area contributed by atoms with Gasteiger partial charge >= 0.3 is 0 Å². The zero-order chi connectivity index (χ0) is 15.4. The number of hydrogen-bond donors (Lipinski definition) is 1. The van der Waals surface area contributed by atoms with Gasteiger partial charge in [-0.05, 0) is 37.5 Å². The van der Waals surface area contributed by atoms with Crippen molar-refractivity contribution in [2.75, 3.05) is 0 Å². The monoisotopic (exact) mass is 281 g/mol. The van der Waals surface area contributed by atoms with E-state index in [2.05, 4.69) is 5.16 Å². The largest absolute Gasteiger partial charge is 0.411 e. The van der Waals surface area contributed by atoms with Gasteiger partial charge in [0.25, 0.3) is 0 Å². The van der Waals surface area contributed by atoms with Crippen LogP contribution < -0.4 is 0 Å². The van der Waals surface area contributed by atoms with Crippen LogP contribution in [0.5, 0.6) is 0 Å². The fourth-order valence-electron chi connectivity index (χ4n) is 2.69. The van der Waals surface area contributed by atoms with Crippen molar-refractivity contribution in [3.63, 3.8) is 0 Å². The number of ketones is 1. The molecular weight excluding hydrogens is 262 g/mol. The van der Waals surface area contributed by atoms with Crippen LogP contribution >= 0.6 is 0 Å². The average molecular weight is 281 g/mol. The number of hydrogen-bond acceptors (Lipinski definition) is 3. The molecule has 1 N–H and O–H groups in total. The molecule has 0 spiro atoms. The van der Waals surface area contributed by atoms with Gasteiger partial charge in [0.15, 0.2) is 5.78 Å². The highest BCUT2D eigenvalue weighted by Crippen LogP contribution is 2.19. The zero-order valence-electron chi connectivity index (χ0n) is 12.6. The molecule has 2 aromatic carbocycles. The van der Waals surface area contributed by atoms with Crippen molar-refractivity contribution >= 4 is 11.5 Å². The van der Waals surface area contributed by atoms with Crippen molar-refractivity contribution in [3.8, 4) is 0 Å². The maximum absolute atomic E-state index is 12.5. The molecule has 108 valence electrons. The fourth-order valence-corrected chi connectivity index (χ4v) is 2.69. The molecule has 2 rings (SSSR count). The van der Waals surface area contributed by atoms with E-state index < -0.39 is 0 Å². The Hall–Kier alpha value is -2.42. The van der Waals surface area contributed by atoms with Gasteiger partial charge < -0.3 is 5.21 Å². The summed E-state index contributed by atoms with van der Waals surface area (Å²) < 4.78 is 0. The van der Waals surface area contributed by atoms with Crippen molar-refractivity contribution in [2.45, 2.75) is 27.2 Å². The fraction of sp³-hybridized carbons (Fsp3) is 0.222. The quantitative estimate of drug-likeness (QED) is 0.397. The van der Waals surface area contributed by atoms with E-state index in [-0.39, 0.29) is 12.2 Å². The van der Waals surface area contributed by atoms with Crippen molar-refractivity contribution in [1.29, 1.82) is 0 Å². The Morgan fingerprint density at radius 1 is 1.05 bits per heavy atom. The van der Waals surface area contributed by atoms with Crippen LogP contribution in [-0.4, -0.2) is 16.7 Å². The third-order valence-electron chi connectivity index (χ3n) is 3.51. The van der Waals surface area contributed by atoms with E-state index in [0.29, 0.717) is 5.71 Å². The lowest BCUT2D eigenvalue weighted by Gasteiger charge is -2.11. The molecule has 0 aliphatic heterocycles. The number of rotatable bonds is 4. The maximum atomic E-state index is 12.5. The standard InChI is InChI=1S/C18H19NO2/c1-12-9-13(2)18(14(3)10-12)17(20)11-16(19-21)15-7-5-4-6-8-15/h4-10,21H,11H2,1-3H3/b19-16-. The average Bonchev–Trinajstić information content (AvgIpc) is 2.44. The minimum Gasteiger partial charge on any atom is -0.411 e. The minimum absolute atomic E-state index is 0.0262. The number of carbonyl (C=O) groups is 1. The molecule has 0 radical (unpaired) electrons. The van der Waals surface area contributed by atoms with Crippen LogP contribution in [-0.2, 0) is 0 Å². The van der Waals surface area contributed by atoms with Crippen LogP contribution in [0.2, 0.25) is 0 Å². The third-order valence-corrected chi connectivity index (χ3v) is 3.51. The van der Waals surface area contributed by atoms with Gasteiger partial charge in [0.1, 0.15) is 0 Å². The number of benzene rings is 2.